The molecule has 1 amide bonds. The van der Waals surface area contributed by atoms with Crippen LogP contribution in [0.5, 0.6) is 5.75 Å². The van der Waals surface area contributed by atoms with E-state index in [1.807, 2.05) is 13.0 Å². The highest BCUT2D eigenvalue weighted by Gasteiger charge is 2.22. The van der Waals surface area contributed by atoms with Crippen LogP contribution in [0.3, 0.4) is 0 Å². The highest BCUT2D eigenvalue weighted by molar-refractivity contribution is 6.30. The normalized spacial score (nSPS) is 11.6. The molecule has 2 rings (SSSR count). The van der Waals surface area contributed by atoms with Crippen LogP contribution < -0.4 is 10.1 Å². The van der Waals surface area contributed by atoms with E-state index in [2.05, 4.69) is 5.32 Å². The first-order valence-corrected chi connectivity index (χ1v) is 7.81. The number of methoxy groups -OCH3 is 1. The van der Waals surface area contributed by atoms with Crippen LogP contribution in [0.25, 0.3) is 0 Å². The molecule has 0 heterocycles. The third-order valence-electron chi connectivity index (χ3n) is 3.42. The van der Waals surface area contributed by atoms with Crippen molar-refractivity contribution < 1.29 is 23.5 Å². The van der Waals surface area contributed by atoms with E-state index in [0.29, 0.717) is 11.4 Å². The van der Waals surface area contributed by atoms with Gasteiger partial charge >= 0.3 is 5.97 Å². The second-order valence-corrected chi connectivity index (χ2v) is 5.80. The Balaban J connectivity index is 2.07. The largest absolute Gasteiger partial charge is 0.495 e. The Kier molecular flexibility index (Phi) is 5.98. The number of carbonyl (C=O) groups is 2. The molecule has 1 atom stereocenters. The molecule has 0 saturated heterocycles. The predicted molar refractivity (Wildman–Crippen MR) is 92.6 cm³/mol. The molecule has 7 heteroatoms. The van der Waals surface area contributed by atoms with Gasteiger partial charge in [-0.2, -0.15) is 0 Å². The molecule has 0 unspecified atom stereocenters. The van der Waals surface area contributed by atoms with Crippen molar-refractivity contribution in [1.82, 2.24) is 0 Å². The molecule has 0 aromatic heterocycles. The standard InChI is InChI=1S/C18H17ClFNO4/c1-10-4-7-16(24-3)15(8-10)21-17(22)11(2)25-18(23)13-6-5-12(19)9-14(13)20/h4-9,11H,1-3H3,(H,21,22)/t11-/m1/s1. The highest BCUT2D eigenvalue weighted by atomic mass is 35.5. The van der Waals surface area contributed by atoms with Crippen molar-refractivity contribution in [2.24, 2.45) is 0 Å². The van der Waals surface area contributed by atoms with Gasteiger partial charge in [0, 0.05) is 5.02 Å². The fourth-order valence-electron chi connectivity index (χ4n) is 2.09. The molecule has 25 heavy (non-hydrogen) atoms. The number of amides is 1. The lowest BCUT2D eigenvalue weighted by molar-refractivity contribution is -0.123. The molecule has 0 aliphatic rings. The molecular formula is C18H17ClFNO4. The lowest BCUT2D eigenvalue weighted by atomic mass is 10.2. The van der Waals surface area contributed by atoms with Gasteiger partial charge in [0.05, 0.1) is 18.4 Å². The Hall–Kier alpha value is -2.60. The summed E-state index contributed by atoms with van der Waals surface area (Å²) in [6.07, 6.45) is -1.13. The highest BCUT2D eigenvalue weighted by Crippen LogP contribution is 2.25. The van der Waals surface area contributed by atoms with Gasteiger partial charge in [0.25, 0.3) is 5.91 Å². The van der Waals surface area contributed by atoms with E-state index in [9.17, 15) is 14.0 Å². The number of hydrogen-bond donors (Lipinski definition) is 1. The molecule has 0 bridgehead atoms. The van der Waals surface area contributed by atoms with Crippen LogP contribution in [0.4, 0.5) is 10.1 Å². The maximum Gasteiger partial charge on any atom is 0.341 e. The van der Waals surface area contributed by atoms with Gasteiger partial charge in [-0.1, -0.05) is 17.7 Å². The Morgan fingerprint density at radius 3 is 2.56 bits per heavy atom. The van der Waals surface area contributed by atoms with Gasteiger partial charge in [-0.3, -0.25) is 4.79 Å². The summed E-state index contributed by atoms with van der Waals surface area (Å²) in [5, 5.41) is 2.79. The van der Waals surface area contributed by atoms with E-state index < -0.39 is 23.8 Å². The second-order valence-electron chi connectivity index (χ2n) is 5.36. The van der Waals surface area contributed by atoms with Crippen molar-refractivity contribution in [2.45, 2.75) is 20.0 Å². The fourth-order valence-corrected chi connectivity index (χ4v) is 2.25. The SMILES string of the molecule is COc1ccc(C)cc1NC(=O)[C@@H](C)OC(=O)c1ccc(Cl)cc1F. The fraction of sp³-hybridized carbons (Fsp3) is 0.222. The Morgan fingerprint density at radius 2 is 1.92 bits per heavy atom. The van der Waals surface area contributed by atoms with Crippen LogP contribution in [-0.4, -0.2) is 25.1 Å². The topological polar surface area (TPSA) is 64.6 Å². The first-order valence-electron chi connectivity index (χ1n) is 7.43. The van der Waals surface area contributed by atoms with Crippen LogP contribution >= 0.6 is 11.6 Å². The number of anilines is 1. The summed E-state index contributed by atoms with van der Waals surface area (Å²) in [6.45, 7) is 3.26. The summed E-state index contributed by atoms with van der Waals surface area (Å²) in [4.78, 5) is 24.3. The number of nitrogens with one attached hydrogen (secondary N) is 1. The van der Waals surface area contributed by atoms with Crippen molar-refractivity contribution in [1.29, 1.82) is 0 Å². The molecule has 0 radical (unpaired) electrons. The van der Waals surface area contributed by atoms with Crippen LogP contribution in [0, 0.1) is 12.7 Å². The Morgan fingerprint density at radius 1 is 1.20 bits per heavy atom. The lowest BCUT2D eigenvalue weighted by Gasteiger charge is -2.16. The summed E-state index contributed by atoms with van der Waals surface area (Å²) in [6, 6.07) is 8.84. The number of benzene rings is 2. The molecule has 0 aliphatic carbocycles. The number of ether oxygens (including phenoxy) is 2. The molecule has 0 spiro atoms. The number of carbonyl (C=O) groups excluding carboxylic acids is 2. The van der Waals surface area contributed by atoms with Crippen LogP contribution in [-0.2, 0) is 9.53 Å². The average Bonchev–Trinajstić information content (AvgIpc) is 2.54. The number of hydrogen-bond acceptors (Lipinski definition) is 4. The van der Waals surface area contributed by atoms with Crippen LogP contribution in [0.1, 0.15) is 22.8 Å². The maximum atomic E-state index is 13.7. The number of aryl methyl sites for hydroxylation is 1. The van der Waals surface area contributed by atoms with Gasteiger partial charge in [0.1, 0.15) is 11.6 Å². The summed E-state index contributed by atoms with van der Waals surface area (Å²) >= 11 is 5.64. The monoisotopic (exact) mass is 365 g/mol. The van der Waals surface area contributed by atoms with Crippen molar-refractivity contribution in [3.8, 4) is 5.75 Å². The van der Waals surface area contributed by atoms with Gasteiger partial charge in [-0.15, -0.1) is 0 Å². The smallest absolute Gasteiger partial charge is 0.341 e. The first-order chi connectivity index (χ1) is 11.8. The molecule has 2 aromatic rings. The minimum atomic E-state index is -1.13. The van der Waals surface area contributed by atoms with E-state index in [1.165, 1.54) is 26.2 Å². The minimum absolute atomic E-state index is 0.159. The lowest BCUT2D eigenvalue weighted by Crippen LogP contribution is -2.30. The number of rotatable bonds is 5. The maximum absolute atomic E-state index is 13.7. The molecule has 0 aliphatic heterocycles. The average molecular weight is 366 g/mol. The molecule has 0 saturated carbocycles. The van der Waals surface area contributed by atoms with Gasteiger partial charge in [-0.25, -0.2) is 9.18 Å². The zero-order valence-corrected chi connectivity index (χ0v) is 14.7. The van der Waals surface area contributed by atoms with E-state index >= 15 is 0 Å². The number of halogens is 2. The summed E-state index contributed by atoms with van der Waals surface area (Å²) in [7, 11) is 1.48. The van der Waals surface area contributed by atoms with Gasteiger partial charge in [0.15, 0.2) is 6.10 Å². The molecule has 0 fully saturated rings. The number of esters is 1. The van der Waals surface area contributed by atoms with Gasteiger partial charge in [0.2, 0.25) is 0 Å². The van der Waals surface area contributed by atoms with E-state index in [1.54, 1.807) is 12.1 Å². The van der Waals surface area contributed by atoms with E-state index in [0.717, 1.165) is 11.6 Å². The Labute approximate surface area is 149 Å². The zero-order valence-electron chi connectivity index (χ0n) is 13.9. The van der Waals surface area contributed by atoms with Crippen LogP contribution in [0.15, 0.2) is 36.4 Å². The molecular weight excluding hydrogens is 349 g/mol. The summed E-state index contributed by atoms with van der Waals surface area (Å²) in [5.74, 6) is -1.86. The van der Waals surface area contributed by atoms with Crippen molar-refractivity contribution >= 4 is 29.2 Å². The first kappa shape index (κ1) is 18.7. The van der Waals surface area contributed by atoms with Crippen LogP contribution in [0.2, 0.25) is 5.02 Å². The third-order valence-corrected chi connectivity index (χ3v) is 3.65. The minimum Gasteiger partial charge on any atom is -0.495 e. The second kappa shape index (κ2) is 7.98. The van der Waals surface area contributed by atoms with E-state index in [4.69, 9.17) is 21.1 Å². The third kappa shape index (κ3) is 4.70. The summed E-state index contributed by atoms with van der Waals surface area (Å²) in [5.41, 5.74) is 1.08. The van der Waals surface area contributed by atoms with Crippen molar-refractivity contribution in [3.63, 3.8) is 0 Å². The van der Waals surface area contributed by atoms with Gasteiger partial charge < -0.3 is 14.8 Å². The molecule has 2 aromatic carbocycles. The predicted octanol–water partition coefficient (Wildman–Crippen LogP) is 3.98. The molecule has 132 valence electrons. The quantitative estimate of drug-likeness (QED) is 0.814. The van der Waals surface area contributed by atoms with E-state index in [-0.39, 0.29) is 10.6 Å². The summed E-state index contributed by atoms with van der Waals surface area (Å²) < 4.78 is 23.9. The van der Waals surface area contributed by atoms with Gasteiger partial charge in [-0.05, 0) is 49.7 Å². The van der Waals surface area contributed by atoms with Crippen molar-refractivity contribution in [3.05, 3.63) is 58.4 Å². The molecule has 1 N–H and O–H groups in total. The molecule has 5 nitrogen and oxygen atoms in total. The zero-order chi connectivity index (χ0) is 18.6. The Bertz CT molecular complexity index is 810. The van der Waals surface area contributed by atoms with Crippen molar-refractivity contribution in [2.75, 3.05) is 12.4 Å².